The third-order valence-electron chi connectivity index (χ3n) is 7.75. The van der Waals surface area contributed by atoms with E-state index in [-0.39, 0.29) is 34.2 Å². The van der Waals surface area contributed by atoms with Crippen molar-refractivity contribution in [1.29, 1.82) is 0 Å². The van der Waals surface area contributed by atoms with Gasteiger partial charge in [0.05, 0.1) is 59.6 Å². The molecule has 12 heteroatoms. The van der Waals surface area contributed by atoms with Gasteiger partial charge in [0.2, 0.25) is 5.91 Å². The fourth-order valence-corrected chi connectivity index (χ4v) is 5.39. The summed E-state index contributed by atoms with van der Waals surface area (Å²) in [6, 6.07) is 10.4. The minimum Gasteiger partial charge on any atom is -0.469 e. The first kappa shape index (κ1) is 30.8. The summed E-state index contributed by atoms with van der Waals surface area (Å²) >= 11 is 5.94. The van der Waals surface area contributed by atoms with Crippen LogP contribution in [0.3, 0.4) is 0 Å². The molecule has 5 rings (SSSR count). The molecule has 2 bridgehead atoms. The summed E-state index contributed by atoms with van der Waals surface area (Å²) < 4.78 is 36.1. The van der Waals surface area contributed by atoms with Gasteiger partial charge in [0, 0.05) is 17.0 Å². The molecule has 0 spiro atoms. The summed E-state index contributed by atoms with van der Waals surface area (Å²) in [4.78, 5) is 42.8. The quantitative estimate of drug-likeness (QED) is 0.260. The van der Waals surface area contributed by atoms with Gasteiger partial charge in [-0.05, 0) is 49.6 Å². The zero-order valence-electron chi connectivity index (χ0n) is 24.3. The average molecular weight is 622 g/mol. The topological polar surface area (TPSA) is 115 Å². The molecule has 1 aliphatic heterocycles. The Balaban J connectivity index is 1.51. The van der Waals surface area contributed by atoms with Crippen LogP contribution in [0.4, 0.5) is 14.5 Å². The standard InChI is InChI=1S/C32H30ClF2N5O4/c1-17-6-4-8-25(38-32(43)22-15-37-40(18(22)2)28-9-5-7-23(33)30(28)35)21-14-26(36-16-24(21)34)20-11-10-19(13-29(41)44-3)12-27(20)39-31(17)42/h5,7,9-12,14-17,25H,4,6,8,13H2,1-3H3,(H,38,43)(H,39,42)/t17-,25+/m0/s1. The Morgan fingerprint density at radius 1 is 1.16 bits per heavy atom. The Hall–Kier alpha value is -4.64. The SMILES string of the molecule is COC(=O)Cc1ccc2c(c1)NC(=O)[C@@H](C)CCC[C@@H](NC(=O)c1cnn(-c3cccc(Cl)c3F)c1C)c1cc-2ncc1F. The van der Waals surface area contributed by atoms with E-state index in [0.717, 1.165) is 6.20 Å². The zero-order valence-corrected chi connectivity index (χ0v) is 25.0. The largest absolute Gasteiger partial charge is 0.469 e. The van der Waals surface area contributed by atoms with E-state index >= 15 is 4.39 Å². The number of aromatic nitrogens is 3. The lowest BCUT2D eigenvalue weighted by Gasteiger charge is -2.23. The van der Waals surface area contributed by atoms with Crippen molar-refractivity contribution in [3.05, 3.63) is 93.9 Å². The highest BCUT2D eigenvalue weighted by Gasteiger charge is 2.26. The van der Waals surface area contributed by atoms with Crippen LogP contribution in [-0.2, 0) is 20.7 Å². The fourth-order valence-electron chi connectivity index (χ4n) is 5.22. The first-order valence-electron chi connectivity index (χ1n) is 14.0. The Labute approximate surface area is 257 Å². The van der Waals surface area contributed by atoms with Crippen molar-refractivity contribution in [3.8, 4) is 16.9 Å². The van der Waals surface area contributed by atoms with Gasteiger partial charge in [-0.1, -0.05) is 43.1 Å². The molecule has 2 aromatic carbocycles. The van der Waals surface area contributed by atoms with Crippen LogP contribution in [0.2, 0.25) is 5.02 Å². The molecule has 1 aliphatic rings. The van der Waals surface area contributed by atoms with Crippen molar-refractivity contribution in [2.45, 2.75) is 45.6 Å². The maximum Gasteiger partial charge on any atom is 0.309 e. The van der Waals surface area contributed by atoms with Gasteiger partial charge in [0.15, 0.2) is 5.82 Å². The number of benzene rings is 2. The first-order chi connectivity index (χ1) is 21.1. The molecule has 2 N–H and O–H groups in total. The number of halogens is 3. The third-order valence-corrected chi connectivity index (χ3v) is 8.04. The summed E-state index contributed by atoms with van der Waals surface area (Å²) in [5.41, 5.74) is 2.79. The number of anilines is 1. The summed E-state index contributed by atoms with van der Waals surface area (Å²) in [6.07, 6.45) is 3.72. The molecule has 0 fully saturated rings. The van der Waals surface area contributed by atoms with Crippen LogP contribution in [0.25, 0.3) is 16.9 Å². The van der Waals surface area contributed by atoms with Crippen molar-refractivity contribution >= 4 is 35.1 Å². The molecule has 3 heterocycles. The lowest BCUT2D eigenvalue weighted by Crippen LogP contribution is -2.30. The molecule has 2 atom stereocenters. The number of pyridine rings is 1. The molecular formula is C32H30ClF2N5O4. The van der Waals surface area contributed by atoms with E-state index in [9.17, 15) is 18.8 Å². The Kier molecular flexibility index (Phi) is 9.05. The summed E-state index contributed by atoms with van der Waals surface area (Å²) in [5.74, 6) is -2.85. The van der Waals surface area contributed by atoms with Crippen LogP contribution < -0.4 is 10.6 Å². The molecule has 0 radical (unpaired) electrons. The number of nitrogens with zero attached hydrogens (tertiary/aromatic N) is 3. The van der Waals surface area contributed by atoms with E-state index in [1.165, 1.54) is 30.1 Å². The van der Waals surface area contributed by atoms with E-state index in [1.807, 2.05) is 0 Å². The molecular weight excluding hydrogens is 592 g/mol. The number of carbonyl (C=O) groups is 3. The van der Waals surface area contributed by atoms with Crippen LogP contribution in [0.1, 0.15) is 59.4 Å². The highest BCUT2D eigenvalue weighted by Crippen LogP contribution is 2.34. The second-order valence-corrected chi connectivity index (χ2v) is 11.1. The van der Waals surface area contributed by atoms with Crippen molar-refractivity contribution in [3.63, 3.8) is 0 Å². The van der Waals surface area contributed by atoms with Gasteiger partial charge in [-0.15, -0.1) is 0 Å². The maximum atomic E-state index is 15.4. The highest BCUT2D eigenvalue weighted by atomic mass is 35.5. The molecule has 0 aliphatic carbocycles. The second kappa shape index (κ2) is 12.9. The number of hydrogen-bond acceptors (Lipinski definition) is 6. The third kappa shape index (κ3) is 6.33. The Morgan fingerprint density at radius 2 is 1.95 bits per heavy atom. The first-order valence-corrected chi connectivity index (χ1v) is 14.4. The minimum absolute atomic E-state index is 0.00532. The minimum atomic E-state index is -0.772. The Bertz CT molecular complexity index is 1760. The van der Waals surface area contributed by atoms with Crippen LogP contribution >= 0.6 is 11.6 Å². The van der Waals surface area contributed by atoms with Crippen LogP contribution in [0.15, 0.2) is 54.9 Å². The van der Waals surface area contributed by atoms with Gasteiger partial charge in [-0.2, -0.15) is 5.10 Å². The van der Waals surface area contributed by atoms with Crippen molar-refractivity contribution in [1.82, 2.24) is 20.1 Å². The van der Waals surface area contributed by atoms with Crippen molar-refractivity contribution in [2.24, 2.45) is 5.92 Å². The molecule has 0 unspecified atom stereocenters. The van der Waals surface area contributed by atoms with Crippen molar-refractivity contribution < 1.29 is 27.9 Å². The molecule has 9 nitrogen and oxygen atoms in total. The smallest absolute Gasteiger partial charge is 0.309 e. The molecule has 0 saturated carbocycles. The van der Waals surface area contributed by atoms with Gasteiger partial charge in [0.25, 0.3) is 5.91 Å². The van der Waals surface area contributed by atoms with E-state index in [0.29, 0.717) is 47.5 Å². The normalized spacial score (nSPS) is 16.6. The predicted octanol–water partition coefficient (Wildman–Crippen LogP) is 6.12. The average Bonchev–Trinajstić information content (AvgIpc) is 3.38. The number of rotatable bonds is 5. The lowest BCUT2D eigenvalue weighted by atomic mass is 9.94. The summed E-state index contributed by atoms with van der Waals surface area (Å²) in [5, 5.41) is 9.99. The van der Waals surface area contributed by atoms with Crippen LogP contribution in [0.5, 0.6) is 0 Å². The number of carbonyl (C=O) groups excluding carboxylic acids is 3. The van der Waals surface area contributed by atoms with E-state index in [1.54, 1.807) is 44.2 Å². The number of fused-ring (bicyclic) bond motifs is 4. The fraction of sp³-hybridized carbons (Fsp3) is 0.281. The molecule has 2 aromatic heterocycles. The number of ether oxygens (including phenoxy) is 1. The zero-order chi connectivity index (χ0) is 31.5. The van der Waals surface area contributed by atoms with E-state index in [2.05, 4.69) is 20.7 Å². The second-order valence-electron chi connectivity index (χ2n) is 10.7. The van der Waals surface area contributed by atoms with Gasteiger partial charge in [-0.25, -0.2) is 13.5 Å². The number of methoxy groups -OCH3 is 1. The van der Waals surface area contributed by atoms with Crippen LogP contribution in [-0.4, -0.2) is 39.7 Å². The molecule has 228 valence electrons. The number of amides is 2. The van der Waals surface area contributed by atoms with E-state index < -0.39 is 35.5 Å². The van der Waals surface area contributed by atoms with Crippen molar-refractivity contribution in [2.75, 3.05) is 12.4 Å². The summed E-state index contributed by atoms with van der Waals surface area (Å²) in [7, 11) is 1.30. The maximum absolute atomic E-state index is 15.4. The van der Waals surface area contributed by atoms with Gasteiger partial charge >= 0.3 is 5.97 Å². The highest BCUT2D eigenvalue weighted by molar-refractivity contribution is 6.30. The number of hydrogen-bond donors (Lipinski definition) is 2. The summed E-state index contributed by atoms with van der Waals surface area (Å²) in [6.45, 7) is 3.41. The number of nitrogens with one attached hydrogen (secondary N) is 2. The van der Waals surface area contributed by atoms with E-state index in [4.69, 9.17) is 16.3 Å². The lowest BCUT2D eigenvalue weighted by molar-refractivity contribution is -0.139. The number of esters is 1. The molecule has 4 aromatic rings. The Morgan fingerprint density at radius 3 is 2.73 bits per heavy atom. The molecule has 44 heavy (non-hydrogen) atoms. The monoisotopic (exact) mass is 621 g/mol. The van der Waals surface area contributed by atoms with Crippen LogP contribution in [0, 0.1) is 24.5 Å². The van der Waals surface area contributed by atoms with Gasteiger partial charge < -0.3 is 15.4 Å². The predicted molar refractivity (Wildman–Crippen MR) is 160 cm³/mol. The molecule has 2 amide bonds. The van der Waals surface area contributed by atoms with Gasteiger partial charge in [-0.3, -0.25) is 19.4 Å². The molecule has 0 saturated heterocycles. The van der Waals surface area contributed by atoms with Gasteiger partial charge in [0.1, 0.15) is 11.5 Å².